The lowest BCUT2D eigenvalue weighted by Crippen LogP contribution is -1.85. The van der Waals surface area contributed by atoms with Crippen LogP contribution in [0.2, 0.25) is 0 Å². The minimum absolute atomic E-state index is 0.939. The monoisotopic (exact) mass is 287 g/mol. The van der Waals surface area contributed by atoms with E-state index in [4.69, 9.17) is 0 Å². The van der Waals surface area contributed by atoms with Crippen LogP contribution < -0.4 is 0 Å². The van der Waals surface area contributed by atoms with Crippen LogP contribution in [0.1, 0.15) is 17.0 Å². The SMILES string of the molecule is Cc1cc(C=Nc2ccccc2)[nH]c1C=Nc1ccccc1. The molecule has 0 amide bonds. The molecule has 0 atom stereocenters. The first-order chi connectivity index (χ1) is 10.8. The summed E-state index contributed by atoms with van der Waals surface area (Å²) in [5.41, 5.74) is 4.99. The van der Waals surface area contributed by atoms with Crippen LogP contribution in [-0.4, -0.2) is 17.4 Å². The Kier molecular flexibility index (Phi) is 4.25. The van der Waals surface area contributed by atoms with Crippen LogP contribution in [0.3, 0.4) is 0 Å². The molecule has 2 aromatic carbocycles. The Hall–Kier alpha value is -2.94. The van der Waals surface area contributed by atoms with E-state index in [2.05, 4.69) is 28.0 Å². The van der Waals surface area contributed by atoms with Crippen LogP contribution in [0.15, 0.2) is 76.7 Å². The molecule has 0 saturated heterocycles. The summed E-state index contributed by atoms with van der Waals surface area (Å²) in [4.78, 5) is 12.2. The third-order valence-electron chi connectivity index (χ3n) is 3.28. The van der Waals surface area contributed by atoms with Crippen molar-refractivity contribution in [3.8, 4) is 0 Å². The van der Waals surface area contributed by atoms with Gasteiger partial charge in [-0.25, -0.2) is 0 Å². The van der Waals surface area contributed by atoms with Gasteiger partial charge in [0.25, 0.3) is 0 Å². The van der Waals surface area contributed by atoms with Gasteiger partial charge in [-0.05, 0) is 42.8 Å². The number of nitrogens with one attached hydrogen (secondary N) is 1. The van der Waals surface area contributed by atoms with E-state index in [-0.39, 0.29) is 0 Å². The van der Waals surface area contributed by atoms with Crippen LogP contribution >= 0.6 is 0 Å². The number of aliphatic imine (C=N–C) groups is 2. The van der Waals surface area contributed by atoms with Gasteiger partial charge in [-0.15, -0.1) is 0 Å². The molecule has 3 rings (SSSR count). The van der Waals surface area contributed by atoms with Crippen molar-refractivity contribution < 1.29 is 0 Å². The van der Waals surface area contributed by atoms with Crippen molar-refractivity contribution in [2.45, 2.75) is 6.92 Å². The van der Waals surface area contributed by atoms with E-state index in [9.17, 15) is 0 Å². The molecule has 0 aliphatic rings. The first-order valence-electron chi connectivity index (χ1n) is 7.19. The summed E-state index contributed by atoms with van der Waals surface area (Å²) >= 11 is 0. The van der Waals surface area contributed by atoms with Crippen LogP contribution in [0.5, 0.6) is 0 Å². The average molecular weight is 287 g/mol. The van der Waals surface area contributed by atoms with Crippen LogP contribution in [0.4, 0.5) is 11.4 Å². The highest BCUT2D eigenvalue weighted by Gasteiger charge is 2.00. The van der Waals surface area contributed by atoms with E-state index < -0.39 is 0 Å². The maximum Gasteiger partial charge on any atom is 0.0630 e. The Labute approximate surface area is 130 Å². The lowest BCUT2D eigenvalue weighted by molar-refractivity contribution is 1.33. The fourth-order valence-electron chi connectivity index (χ4n) is 2.12. The highest BCUT2D eigenvalue weighted by atomic mass is 14.8. The zero-order valence-corrected chi connectivity index (χ0v) is 12.4. The molecule has 0 aliphatic carbocycles. The molecule has 0 spiro atoms. The summed E-state index contributed by atoms with van der Waals surface area (Å²) < 4.78 is 0. The topological polar surface area (TPSA) is 40.5 Å². The minimum atomic E-state index is 0.939. The molecule has 0 saturated carbocycles. The number of hydrogen-bond acceptors (Lipinski definition) is 2. The molecule has 1 aromatic heterocycles. The number of hydrogen-bond donors (Lipinski definition) is 1. The molecule has 0 aliphatic heterocycles. The van der Waals surface area contributed by atoms with Gasteiger partial charge in [0.05, 0.1) is 35.2 Å². The van der Waals surface area contributed by atoms with E-state index >= 15 is 0 Å². The molecule has 0 fully saturated rings. The highest BCUT2D eigenvalue weighted by Crippen LogP contribution is 2.13. The van der Waals surface area contributed by atoms with Crippen LogP contribution in [0, 0.1) is 6.92 Å². The number of benzene rings is 2. The second-order valence-corrected chi connectivity index (χ2v) is 5.01. The van der Waals surface area contributed by atoms with E-state index in [1.807, 2.05) is 73.1 Å². The second-order valence-electron chi connectivity index (χ2n) is 5.01. The normalized spacial score (nSPS) is 11.5. The molecule has 3 nitrogen and oxygen atoms in total. The molecule has 1 N–H and O–H groups in total. The molecule has 0 unspecified atom stereocenters. The fourth-order valence-corrected chi connectivity index (χ4v) is 2.12. The van der Waals surface area contributed by atoms with E-state index in [1.165, 1.54) is 0 Å². The van der Waals surface area contributed by atoms with Gasteiger partial charge in [0.1, 0.15) is 0 Å². The van der Waals surface area contributed by atoms with Gasteiger partial charge < -0.3 is 4.98 Å². The third kappa shape index (κ3) is 3.58. The van der Waals surface area contributed by atoms with Crippen molar-refractivity contribution in [1.29, 1.82) is 0 Å². The van der Waals surface area contributed by atoms with Gasteiger partial charge in [0.15, 0.2) is 0 Å². The zero-order valence-electron chi connectivity index (χ0n) is 12.4. The highest BCUT2D eigenvalue weighted by molar-refractivity contribution is 5.87. The predicted molar refractivity (Wildman–Crippen MR) is 92.9 cm³/mol. The quantitative estimate of drug-likeness (QED) is 0.668. The number of H-pyrrole nitrogens is 1. The average Bonchev–Trinajstić information content (AvgIpc) is 2.93. The molecular formula is C19H17N3. The first-order valence-corrected chi connectivity index (χ1v) is 7.19. The van der Waals surface area contributed by atoms with Gasteiger partial charge in [-0.3, -0.25) is 9.98 Å². The number of rotatable bonds is 4. The number of aromatic amines is 1. The summed E-state index contributed by atoms with van der Waals surface area (Å²) in [6.45, 7) is 2.06. The molecule has 22 heavy (non-hydrogen) atoms. The van der Waals surface area contributed by atoms with E-state index in [0.29, 0.717) is 0 Å². The largest absolute Gasteiger partial charge is 0.353 e. The lowest BCUT2D eigenvalue weighted by Gasteiger charge is -1.93. The van der Waals surface area contributed by atoms with Gasteiger partial charge in [0.2, 0.25) is 0 Å². The maximum absolute atomic E-state index is 4.47. The number of para-hydroxylation sites is 2. The van der Waals surface area contributed by atoms with Crippen molar-refractivity contribution in [2.75, 3.05) is 0 Å². The minimum Gasteiger partial charge on any atom is -0.353 e. The van der Waals surface area contributed by atoms with Crippen molar-refractivity contribution in [1.82, 2.24) is 4.98 Å². The summed E-state index contributed by atoms with van der Waals surface area (Å²) in [7, 11) is 0. The smallest absolute Gasteiger partial charge is 0.0630 e. The molecule has 3 aromatic rings. The van der Waals surface area contributed by atoms with Crippen molar-refractivity contribution in [2.24, 2.45) is 9.98 Å². The van der Waals surface area contributed by atoms with Gasteiger partial charge >= 0.3 is 0 Å². The van der Waals surface area contributed by atoms with Crippen molar-refractivity contribution >= 4 is 23.8 Å². The van der Waals surface area contributed by atoms with Gasteiger partial charge in [-0.2, -0.15) is 0 Å². The lowest BCUT2D eigenvalue weighted by atomic mass is 10.2. The summed E-state index contributed by atoms with van der Waals surface area (Å²) in [6.07, 6.45) is 3.69. The van der Waals surface area contributed by atoms with Gasteiger partial charge in [-0.1, -0.05) is 36.4 Å². The predicted octanol–water partition coefficient (Wildman–Crippen LogP) is 4.82. The van der Waals surface area contributed by atoms with Crippen LogP contribution in [0.25, 0.3) is 0 Å². The van der Waals surface area contributed by atoms with Crippen LogP contribution in [-0.2, 0) is 0 Å². The first kappa shape index (κ1) is 14.0. The number of aryl methyl sites for hydroxylation is 1. The third-order valence-corrected chi connectivity index (χ3v) is 3.28. The Morgan fingerprint density at radius 1 is 0.773 bits per heavy atom. The molecule has 3 heteroatoms. The van der Waals surface area contributed by atoms with E-state index in [1.54, 1.807) is 0 Å². The maximum atomic E-state index is 4.47. The second kappa shape index (κ2) is 6.68. The van der Waals surface area contributed by atoms with E-state index in [0.717, 1.165) is 28.3 Å². The Bertz CT molecular complexity index is 784. The number of aromatic nitrogens is 1. The van der Waals surface area contributed by atoms with Crippen molar-refractivity contribution in [3.63, 3.8) is 0 Å². The molecule has 0 bridgehead atoms. The number of nitrogens with zero attached hydrogens (tertiary/aromatic N) is 2. The Morgan fingerprint density at radius 3 is 1.91 bits per heavy atom. The van der Waals surface area contributed by atoms with Gasteiger partial charge in [0, 0.05) is 0 Å². The molecule has 1 heterocycles. The summed E-state index contributed by atoms with van der Waals surface area (Å²) in [5.74, 6) is 0. The Balaban J connectivity index is 1.76. The van der Waals surface area contributed by atoms with Crippen molar-refractivity contribution in [3.05, 3.63) is 83.7 Å². The Morgan fingerprint density at radius 2 is 1.32 bits per heavy atom. The summed E-state index contributed by atoms with van der Waals surface area (Å²) in [5, 5.41) is 0. The molecule has 108 valence electrons. The standard InChI is InChI=1S/C19H17N3/c1-15-12-18(13-20-16-8-4-2-5-9-16)22-19(15)14-21-17-10-6-3-7-11-17/h2-14,22H,1H3. The summed E-state index contributed by atoms with van der Waals surface area (Å²) in [6, 6.07) is 21.9. The molecule has 0 radical (unpaired) electrons. The fraction of sp³-hybridized carbons (Fsp3) is 0.0526. The zero-order chi connectivity index (χ0) is 15.2. The molecular weight excluding hydrogens is 270 g/mol.